The standard InChI is InChI=1S/C30H33ClN2O5S/c1-6-8-23-26(29(35)37-7-2)27(22-16-20(31)11-14-24(22)36-5)33-28(34)25(39-30(33)32-23)15-19-9-12-21(13-10-19)38-17-18(3)4/h9-16,18,27H,6-8,17H2,1-5H3/b25-15-/t27-/m0/s1. The summed E-state index contributed by atoms with van der Waals surface area (Å²) in [5.41, 5.74) is 2.11. The molecule has 0 N–H and O–H groups in total. The van der Waals surface area contributed by atoms with E-state index in [1.54, 1.807) is 36.8 Å². The number of thiazole rings is 1. The van der Waals surface area contributed by atoms with Crippen molar-refractivity contribution in [1.82, 2.24) is 4.57 Å². The lowest BCUT2D eigenvalue weighted by atomic mass is 9.93. The minimum absolute atomic E-state index is 0.197. The molecule has 0 saturated heterocycles. The second-order valence-electron chi connectivity index (χ2n) is 9.57. The van der Waals surface area contributed by atoms with Crippen LogP contribution in [0, 0.1) is 5.92 Å². The van der Waals surface area contributed by atoms with Gasteiger partial charge < -0.3 is 14.2 Å². The number of carbonyl (C=O) groups excluding carboxylic acids is 1. The van der Waals surface area contributed by atoms with E-state index in [1.807, 2.05) is 37.3 Å². The zero-order valence-corrected chi connectivity index (χ0v) is 24.4. The number of rotatable bonds is 10. The predicted octanol–water partition coefficient (Wildman–Crippen LogP) is 5.28. The van der Waals surface area contributed by atoms with Gasteiger partial charge in [0.15, 0.2) is 4.80 Å². The van der Waals surface area contributed by atoms with Crippen molar-refractivity contribution in [3.63, 3.8) is 0 Å². The van der Waals surface area contributed by atoms with E-state index in [0.29, 0.717) is 55.9 Å². The molecule has 0 aliphatic carbocycles. The third-order valence-corrected chi connectivity index (χ3v) is 7.36. The number of allylic oxidation sites excluding steroid dienone is 1. The van der Waals surface area contributed by atoms with Crippen LogP contribution in [0.5, 0.6) is 11.5 Å². The van der Waals surface area contributed by atoms with Gasteiger partial charge in [0.25, 0.3) is 5.56 Å². The molecule has 0 saturated carbocycles. The molecule has 0 fully saturated rings. The van der Waals surface area contributed by atoms with Gasteiger partial charge in [0, 0.05) is 10.6 Å². The number of benzene rings is 2. The molecule has 0 bridgehead atoms. The third-order valence-electron chi connectivity index (χ3n) is 6.14. The monoisotopic (exact) mass is 568 g/mol. The molecule has 39 heavy (non-hydrogen) atoms. The van der Waals surface area contributed by atoms with Crippen LogP contribution in [0.2, 0.25) is 5.02 Å². The molecule has 2 heterocycles. The first-order chi connectivity index (χ1) is 18.8. The first-order valence-corrected chi connectivity index (χ1v) is 14.2. The van der Waals surface area contributed by atoms with Crippen LogP contribution >= 0.6 is 22.9 Å². The van der Waals surface area contributed by atoms with Crippen molar-refractivity contribution in [3.8, 4) is 11.5 Å². The van der Waals surface area contributed by atoms with E-state index in [4.69, 9.17) is 30.8 Å². The molecule has 0 unspecified atom stereocenters. The molecule has 206 valence electrons. The van der Waals surface area contributed by atoms with Crippen molar-refractivity contribution in [3.05, 3.63) is 89.6 Å². The fraction of sp³-hybridized carbons (Fsp3) is 0.367. The van der Waals surface area contributed by atoms with E-state index in [0.717, 1.165) is 17.7 Å². The van der Waals surface area contributed by atoms with E-state index < -0.39 is 12.0 Å². The molecule has 1 aliphatic rings. The van der Waals surface area contributed by atoms with Crippen molar-refractivity contribution < 1.29 is 19.0 Å². The van der Waals surface area contributed by atoms with Gasteiger partial charge in [0.2, 0.25) is 0 Å². The van der Waals surface area contributed by atoms with Gasteiger partial charge in [0.05, 0.1) is 36.1 Å². The Balaban J connectivity index is 1.91. The molecule has 4 rings (SSSR count). The Kier molecular flexibility index (Phi) is 9.30. The lowest BCUT2D eigenvalue weighted by Crippen LogP contribution is -2.40. The fourth-order valence-corrected chi connectivity index (χ4v) is 5.61. The predicted molar refractivity (Wildman–Crippen MR) is 154 cm³/mol. The highest BCUT2D eigenvalue weighted by molar-refractivity contribution is 7.07. The molecule has 7 nitrogen and oxygen atoms in total. The van der Waals surface area contributed by atoms with Gasteiger partial charge >= 0.3 is 5.97 Å². The summed E-state index contributed by atoms with van der Waals surface area (Å²) < 4.78 is 18.9. The SMILES string of the molecule is CCCC1=C(C(=O)OCC)[C@H](c2cc(Cl)ccc2OC)n2c(s/c(=C\c3ccc(OCC(C)C)cc3)c2=O)=N1. The van der Waals surface area contributed by atoms with Crippen LogP contribution in [-0.2, 0) is 9.53 Å². The molecular formula is C30H33ClN2O5S. The van der Waals surface area contributed by atoms with Gasteiger partial charge in [-0.15, -0.1) is 0 Å². The topological polar surface area (TPSA) is 79.1 Å². The number of halogens is 1. The zero-order chi connectivity index (χ0) is 28.1. The van der Waals surface area contributed by atoms with E-state index in [-0.39, 0.29) is 12.2 Å². The largest absolute Gasteiger partial charge is 0.496 e. The third kappa shape index (κ3) is 6.28. The summed E-state index contributed by atoms with van der Waals surface area (Å²) >= 11 is 7.68. The number of ether oxygens (including phenoxy) is 3. The van der Waals surface area contributed by atoms with Gasteiger partial charge in [-0.1, -0.05) is 62.3 Å². The van der Waals surface area contributed by atoms with E-state index in [1.165, 1.54) is 11.3 Å². The van der Waals surface area contributed by atoms with Gasteiger partial charge in [0.1, 0.15) is 17.5 Å². The van der Waals surface area contributed by atoms with E-state index in [9.17, 15) is 9.59 Å². The van der Waals surface area contributed by atoms with Crippen LogP contribution in [0.15, 0.2) is 63.5 Å². The average Bonchev–Trinajstić information content (AvgIpc) is 3.22. The van der Waals surface area contributed by atoms with Crippen LogP contribution in [0.3, 0.4) is 0 Å². The average molecular weight is 569 g/mol. The minimum atomic E-state index is -0.801. The summed E-state index contributed by atoms with van der Waals surface area (Å²) in [5.74, 6) is 1.20. The highest BCUT2D eigenvalue weighted by Gasteiger charge is 2.36. The summed E-state index contributed by atoms with van der Waals surface area (Å²) in [7, 11) is 1.55. The lowest BCUT2D eigenvalue weighted by molar-refractivity contribution is -0.139. The zero-order valence-electron chi connectivity index (χ0n) is 22.8. The van der Waals surface area contributed by atoms with Crippen LogP contribution < -0.4 is 24.4 Å². The number of aromatic nitrogens is 1. The molecule has 3 aromatic rings. The Morgan fingerprint density at radius 2 is 1.92 bits per heavy atom. The lowest BCUT2D eigenvalue weighted by Gasteiger charge is -2.27. The quantitative estimate of drug-likeness (QED) is 0.311. The summed E-state index contributed by atoms with van der Waals surface area (Å²) in [6.07, 6.45) is 3.15. The smallest absolute Gasteiger partial charge is 0.338 e. The Hall–Kier alpha value is -3.36. The number of nitrogens with zero attached hydrogens (tertiary/aromatic N) is 2. The van der Waals surface area contributed by atoms with Crippen LogP contribution in [-0.4, -0.2) is 30.9 Å². The maximum absolute atomic E-state index is 13.9. The van der Waals surface area contributed by atoms with Crippen molar-refractivity contribution in [2.75, 3.05) is 20.3 Å². The molecule has 1 aromatic heterocycles. The molecule has 0 spiro atoms. The first kappa shape index (κ1) is 28.6. The summed E-state index contributed by atoms with van der Waals surface area (Å²) in [5, 5.41) is 0.463. The maximum Gasteiger partial charge on any atom is 0.338 e. The Morgan fingerprint density at radius 3 is 2.56 bits per heavy atom. The van der Waals surface area contributed by atoms with Crippen molar-refractivity contribution in [1.29, 1.82) is 0 Å². The van der Waals surface area contributed by atoms with Crippen molar-refractivity contribution >= 4 is 35.0 Å². The second kappa shape index (κ2) is 12.7. The Labute approximate surface area is 237 Å². The maximum atomic E-state index is 13.9. The minimum Gasteiger partial charge on any atom is -0.496 e. The van der Waals surface area contributed by atoms with Crippen molar-refractivity contribution in [2.45, 2.75) is 46.6 Å². The summed E-state index contributed by atoms with van der Waals surface area (Å²) in [4.78, 5) is 32.6. The summed E-state index contributed by atoms with van der Waals surface area (Å²) in [6, 6.07) is 12.0. The number of methoxy groups -OCH3 is 1. The molecule has 9 heteroatoms. The van der Waals surface area contributed by atoms with Gasteiger partial charge in [-0.25, -0.2) is 9.79 Å². The van der Waals surface area contributed by atoms with Gasteiger partial charge in [-0.05, 0) is 61.2 Å². The fourth-order valence-electron chi connectivity index (χ4n) is 4.41. The first-order valence-electron chi connectivity index (χ1n) is 13.1. The molecule has 2 aromatic carbocycles. The van der Waals surface area contributed by atoms with Crippen molar-refractivity contribution in [2.24, 2.45) is 10.9 Å². The molecule has 1 atom stereocenters. The van der Waals surface area contributed by atoms with Crippen LogP contribution in [0.1, 0.15) is 57.7 Å². The number of esters is 1. The number of fused-ring (bicyclic) bond motifs is 1. The van der Waals surface area contributed by atoms with Gasteiger partial charge in [-0.2, -0.15) is 0 Å². The van der Waals surface area contributed by atoms with E-state index >= 15 is 0 Å². The molecular weight excluding hydrogens is 536 g/mol. The summed E-state index contributed by atoms with van der Waals surface area (Å²) in [6.45, 7) is 8.79. The van der Waals surface area contributed by atoms with Gasteiger partial charge in [-0.3, -0.25) is 9.36 Å². The number of carbonyl (C=O) groups is 1. The molecule has 0 amide bonds. The van der Waals surface area contributed by atoms with Crippen LogP contribution in [0.25, 0.3) is 6.08 Å². The van der Waals surface area contributed by atoms with Crippen LogP contribution in [0.4, 0.5) is 0 Å². The number of hydrogen-bond acceptors (Lipinski definition) is 7. The number of hydrogen-bond donors (Lipinski definition) is 0. The molecule has 1 aliphatic heterocycles. The Bertz CT molecular complexity index is 1550. The highest BCUT2D eigenvalue weighted by atomic mass is 35.5. The molecule has 0 radical (unpaired) electrons. The highest BCUT2D eigenvalue weighted by Crippen LogP contribution is 2.38. The normalized spacial score (nSPS) is 15.3. The Morgan fingerprint density at radius 1 is 1.18 bits per heavy atom. The second-order valence-corrected chi connectivity index (χ2v) is 11.0. The van der Waals surface area contributed by atoms with E-state index in [2.05, 4.69) is 13.8 Å².